The van der Waals surface area contributed by atoms with Crippen LogP contribution in [0.25, 0.3) is 0 Å². The molecule has 74 valence electrons. The summed E-state index contributed by atoms with van der Waals surface area (Å²) in [6.07, 6.45) is 4.60. The zero-order valence-corrected chi connectivity index (χ0v) is 9.28. The Morgan fingerprint density at radius 2 is 2.15 bits per heavy atom. The normalized spacial score (nSPS) is 10.7. The second kappa shape index (κ2) is 5.35. The first kappa shape index (κ1) is 10.7. The molecule has 0 radical (unpaired) electrons. The van der Waals surface area contributed by atoms with E-state index in [1.807, 2.05) is 0 Å². The van der Waals surface area contributed by atoms with Crippen molar-refractivity contribution in [2.75, 3.05) is 0 Å². The van der Waals surface area contributed by atoms with Crippen molar-refractivity contribution in [2.24, 2.45) is 5.73 Å². The van der Waals surface area contributed by atoms with E-state index in [9.17, 15) is 0 Å². The highest BCUT2D eigenvalue weighted by Crippen LogP contribution is 2.20. The number of rotatable bonds is 5. The molecule has 1 aromatic heterocycles. The third-order valence-corrected chi connectivity index (χ3v) is 3.27. The molecular weight excluding hydrogens is 180 g/mol. The van der Waals surface area contributed by atoms with Crippen molar-refractivity contribution in [1.82, 2.24) is 4.98 Å². The van der Waals surface area contributed by atoms with E-state index in [0.29, 0.717) is 6.54 Å². The molecule has 0 atom stereocenters. The number of aromatic nitrogens is 1. The van der Waals surface area contributed by atoms with Crippen LogP contribution in [0.2, 0.25) is 0 Å². The van der Waals surface area contributed by atoms with Crippen LogP contribution in [0.1, 0.15) is 42.3 Å². The molecule has 0 aliphatic heterocycles. The number of unbranched alkanes of at least 4 members (excludes halogenated alkanes) is 1. The summed E-state index contributed by atoms with van der Waals surface area (Å²) in [5.41, 5.74) is 6.85. The number of hydrogen-bond donors (Lipinski definition) is 1. The molecular formula is C10H18N2S. The number of aryl methyl sites for hydroxylation is 2. The first-order valence-corrected chi connectivity index (χ1v) is 5.81. The predicted molar refractivity (Wildman–Crippen MR) is 58.0 cm³/mol. The molecule has 0 amide bonds. The highest BCUT2D eigenvalue weighted by atomic mass is 32.1. The molecule has 0 saturated heterocycles. The lowest BCUT2D eigenvalue weighted by molar-refractivity contribution is 0.785. The van der Waals surface area contributed by atoms with Crippen molar-refractivity contribution in [3.05, 3.63) is 15.6 Å². The van der Waals surface area contributed by atoms with Gasteiger partial charge in [-0.05, 0) is 19.3 Å². The van der Waals surface area contributed by atoms with E-state index in [-0.39, 0.29) is 0 Å². The maximum atomic E-state index is 5.64. The molecule has 1 heterocycles. The molecule has 0 aliphatic rings. The summed E-state index contributed by atoms with van der Waals surface area (Å²) in [7, 11) is 0. The molecule has 1 aromatic rings. The van der Waals surface area contributed by atoms with Gasteiger partial charge in [-0.1, -0.05) is 20.3 Å². The van der Waals surface area contributed by atoms with E-state index < -0.39 is 0 Å². The van der Waals surface area contributed by atoms with E-state index in [4.69, 9.17) is 5.73 Å². The van der Waals surface area contributed by atoms with E-state index >= 15 is 0 Å². The van der Waals surface area contributed by atoms with Gasteiger partial charge in [0.25, 0.3) is 0 Å². The Hall–Kier alpha value is -0.410. The average molecular weight is 198 g/mol. The Kier molecular flexibility index (Phi) is 4.39. The molecule has 2 nitrogen and oxygen atoms in total. The lowest BCUT2D eigenvalue weighted by atomic mass is 10.2. The lowest BCUT2D eigenvalue weighted by Gasteiger charge is -1.91. The van der Waals surface area contributed by atoms with Gasteiger partial charge in [-0.3, -0.25) is 0 Å². The van der Waals surface area contributed by atoms with Crippen LogP contribution < -0.4 is 5.73 Å². The predicted octanol–water partition coefficient (Wildman–Crippen LogP) is 2.51. The first-order chi connectivity index (χ1) is 6.31. The molecule has 0 unspecified atom stereocenters. The third kappa shape index (κ3) is 2.78. The molecule has 0 saturated carbocycles. The van der Waals surface area contributed by atoms with Crippen LogP contribution >= 0.6 is 11.3 Å². The summed E-state index contributed by atoms with van der Waals surface area (Å²) in [5, 5.41) is 1.26. The molecule has 0 bridgehead atoms. The van der Waals surface area contributed by atoms with Gasteiger partial charge in [-0.15, -0.1) is 11.3 Å². The summed E-state index contributed by atoms with van der Waals surface area (Å²) in [6.45, 7) is 4.99. The Morgan fingerprint density at radius 1 is 1.38 bits per heavy atom. The van der Waals surface area contributed by atoms with Crippen molar-refractivity contribution in [1.29, 1.82) is 0 Å². The molecule has 0 spiro atoms. The number of hydrogen-bond acceptors (Lipinski definition) is 3. The summed E-state index contributed by atoms with van der Waals surface area (Å²) < 4.78 is 0. The minimum absolute atomic E-state index is 0.646. The summed E-state index contributed by atoms with van der Waals surface area (Å²) in [5.74, 6) is 0. The standard InChI is InChI=1S/C10H18N2S/c1-3-5-6-10-12-8(4-2)9(7-11)13-10/h3-7,11H2,1-2H3. The average Bonchev–Trinajstić information content (AvgIpc) is 2.57. The van der Waals surface area contributed by atoms with Gasteiger partial charge in [0.15, 0.2) is 0 Å². The Balaban J connectivity index is 2.68. The second-order valence-corrected chi connectivity index (χ2v) is 4.31. The van der Waals surface area contributed by atoms with Crippen molar-refractivity contribution in [3.8, 4) is 0 Å². The van der Waals surface area contributed by atoms with Crippen molar-refractivity contribution >= 4 is 11.3 Å². The van der Waals surface area contributed by atoms with E-state index in [0.717, 1.165) is 12.8 Å². The maximum absolute atomic E-state index is 5.64. The fourth-order valence-electron chi connectivity index (χ4n) is 1.31. The quantitative estimate of drug-likeness (QED) is 0.789. The molecule has 2 N–H and O–H groups in total. The molecule has 0 aromatic carbocycles. The Morgan fingerprint density at radius 3 is 2.62 bits per heavy atom. The molecule has 0 aliphatic carbocycles. The van der Waals surface area contributed by atoms with Crippen LogP contribution in [0.5, 0.6) is 0 Å². The smallest absolute Gasteiger partial charge is 0.0931 e. The minimum Gasteiger partial charge on any atom is -0.326 e. The summed E-state index contributed by atoms with van der Waals surface area (Å²) in [4.78, 5) is 5.85. The van der Waals surface area contributed by atoms with Crippen molar-refractivity contribution in [2.45, 2.75) is 46.1 Å². The molecule has 0 fully saturated rings. The summed E-state index contributed by atoms with van der Waals surface area (Å²) in [6, 6.07) is 0. The molecule has 13 heavy (non-hydrogen) atoms. The maximum Gasteiger partial charge on any atom is 0.0931 e. The summed E-state index contributed by atoms with van der Waals surface area (Å²) >= 11 is 1.79. The van der Waals surface area contributed by atoms with Gasteiger partial charge in [0.05, 0.1) is 10.7 Å². The Labute approximate surface area is 84.2 Å². The second-order valence-electron chi connectivity index (χ2n) is 3.14. The van der Waals surface area contributed by atoms with Crippen LogP contribution in [-0.4, -0.2) is 4.98 Å². The van der Waals surface area contributed by atoms with Crippen LogP contribution in [0.4, 0.5) is 0 Å². The number of nitrogens with two attached hydrogens (primary N) is 1. The SMILES string of the molecule is CCCCc1nc(CC)c(CN)s1. The van der Waals surface area contributed by atoms with Gasteiger partial charge >= 0.3 is 0 Å². The zero-order valence-electron chi connectivity index (χ0n) is 8.47. The van der Waals surface area contributed by atoms with Gasteiger partial charge in [0, 0.05) is 11.4 Å². The van der Waals surface area contributed by atoms with Gasteiger partial charge in [-0.2, -0.15) is 0 Å². The third-order valence-electron chi connectivity index (χ3n) is 2.09. The first-order valence-electron chi connectivity index (χ1n) is 4.99. The van der Waals surface area contributed by atoms with Crippen LogP contribution in [0.15, 0.2) is 0 Å². The van der Waals surface area contributed by atoms with Gasteiger partial charge < -0.3 is 5.73 Å². The highest BCUT2D eigenvalue weighted by molar-refractivity contribution is 7.11. The van der Waals surface area contributed by atoms with Crippen LogP contribution in [0, 0.1) is 0 Å². The zero-order chi connectivity index (χ0) is 9.68. The van der Waals surface area contributed by atoms with Crippen LogP contribution in [-0.2, 0) is 19.4 Å². The number of thiazole rings is 1. The van der Waals surface area contributed by atoms with Crippen molar-refractivity contribution < 1.29 is 0 Å². The highest BCUT2D eigenvalue weighted by Gasteiger charge is 2.07. The largest absolute Gasteiger partial charge is 0.326 e. The molecule has 1 rings (SSSR count). The Bertz CT molecular complexity index is 234. The van der Waals surface area contributed by atoms with Gasteiger partial charge in [0.1, 0.15) is 0 Å². The number of nitrogens with zero attached hydrogens (tertiary/aromatic N) is 1. The van der Waals surface area contributed by atoms with E-state index in [1.54, 1.807) is 11.3 Å². The van der Waals surface area contributed by atoms with E-state index in [2.05, 4.69) is 18.8 Å². The van der Waals surface area contributed by atoms with E-state index in [1.165, 1.54) is 28.4 Å². The fraction of sp³-hybridized carbons (Fsp3) is 0.700. The molecule has 3 heteroatoms. The van der Waals surface area contributed by atoms with Crippen molar-refractivity contribution in [3.63, 3.8) is 0 Å². The van der Waals surface area contributed by atoms with Crippen LogP contribution in [0.3, 0.4) is 0 Å². The van der Waals surface area contributed by atoms with Gasteiger partial charge in [-0.25, -0.2) is 4.98 Å². The lowest BCUT2D eigenvalue weighted by Crippen LogP contribution is -1.96. The minimum atomic E-state index is 0.646. The monoisotopic (exact) mass is 198 g/mol. The topological polar surface area (TPSA) is 38.9 Å². The fourth-order valence-corrected chi connectivity index (χ4v) is 2.39. The van der Waals surface area contributed by atoms with Gasteiger partial charge in [0.2, 0.25) is 0 Å².